The molecule has 9 aromatic rings. The summed E-state index contributed by atoms with van der Waals surface area (Å²) in [5, 5.41) is 0. The molecule has 0 unspecified atom stereocenters. The molecule has 0 fully saturated rings. The fraction of sp³-hybridized carbons (Fsp3) is 0.0938. The van der Waals surface area contributed by atoms with Gasteiger partial charge in [0.2, 0.25) is 0 Å². The molecule has 0 bridgehead atoms. The van der Waals surface area contributed by atoms with Crippen molar-refractivity contribution >= 4 is 58.4 Å². The van der Waals surface area contributed by atoms with E-state index in [2.05, 4.69) is 287 Å². The first-order valence-electron chi connectivity index (χ1n) is 22.9. The average molecular weight is 853 g/mol. The molecule has 0 aromatic heterocycles. The van der Waals surface area contributed by atoms with Crippen molar-refractivity contribution in [2.24, 2.45) is 0 Å². The number of anilines is 6. The lowest BCUT2D eigenvalue weighted by Gasteiger charge is -2.26. The van der Waals surface area contributed by atoms with E-state index in [1.54, 1.807) is 0 Å². The first-order chi connectivity index (χ1) is 32.2. The Morgan fingerprint density at radius 3 is 0.621 bits per heavy atom. The van der Waals surface area contributed by atoms with E-state index in [0.717, 1.165) is 50.8 Å². The molecular weight excluding hydrogens is 797 g/mol. The molecule has 322 valence electrons. The number of benzene rings is 9. The quantitative estimate of drug-likeness (QED) is 0.0842. The van der Waals surface area contributed by atoms with Crippen LogP contribution in [0.5, 0.6) is 0 Å². The van der Waals surface area contributed by atoms with Crippen LogP contribution in [0, 0.1) is 34.6 Å². The zero-order valence-corrected chi connectivity index (χ0v) is 38.6. The molecule has 9 aromatic carbocycles. The minimum Gasteiger partial charge on any atom is -0.311 e. The number of rotatable bonds is 13. The predicted octanol–water partition coefficient (Wildman–Crippen LogP) is 17.7. The number of hydrogen-bond acceptors (Lipinski definition) is 2. The molecular formula is C64H56N2. The van der Waals surface area contributed by atoms with Crippen LogP contribution in [0.25, 0.3) is 24.3 Å². The van der Waals surface area contributed by atoms with Gasteiger partial charge in [-0.15, -0.1) is 0 Å². The third kappa shape index (κ3) is 10.4. The van der Waals surface area contributed by atoms with Crippen LogP contribution in [0.1, 0.15) is 72.7 Å². The van der Waals surface area contributed by atoms with Crippen LogP contribution >= 0.6 is 0 Å². The Morgan fingerprint density at radius 1 is 0.227 bits per heavy atom. The largest absolute Gasteiger partial charge is 0.311 e. The van der Waals surface area contributed by atoms with Crippen LogP contribution in [-0.4, -0.2) is 0 Å². The Morgan fingerprint density at radius 2 is 0.394 bits per heavy atom. The van der Waals surface area contributed by atoms with Crippen molar-refractivity contribution in [3.63, 3.8) is 0 Å². The molecule has 9 rings (SSSR count). The third-order valence-electron chi connectivity index (χ3n) is 12.4. The molecule has 0 aliphatic heterocycles. The maximum Gasteiger partial charge on any atom is 0.0462 e. The standard InChI is InChI=1S/C64H56N2/c1-46-6-28-55(29-7-46)64(56-30-8-47(2)9-31-56)57-32-20-51(21-33-57)16-17-52-24-42-62(43-25-52)66(60-38-14-50(5)15-39-60)63-44-26-54(27-45-63)19-18-53-22-40-61(41-23-53)65(58-34-10-48(3)11-35-58)59-36-12-49(4)13-37-59/h6-45,64H,1-5H3/b17-16-,19-18-. The van der Waals surface area contributed by atoms with E-state index in [9.17, 15) is 0 Å². The first-order valence-corrected chi connectivity index (χ1v) is 22.9. The van der Waals surface area contributed by atoms with Gasteiger partial charge in [0.25, 0.3) is 0 Å². The molecule has 0 saturated carbocycles. The summed E-state index contributed by atoms with van der Waals surface area (Å²) in [6, 6.07) is 79.6. The van der Waals surface area contributed by atoms with Gasteiger partial charge in [-0.3, -0.25) is 0 Å². The Balaban J connectivity index is 0.906. The molecule has 0 aliphatic rings. The summed E-state index contributed by atoms with van der Waals surface area (Å²) in [6.07, 6.45) is 8.78. The summed E-state index contributed by atoms with van der Waals surface area (Å²) in [5.41, 5.74) is 21.5. The van der Waals surface area contributed by atoms with E-state index in [1.165, 1.54) is 50.1 Å². The fourth-order valence-corrected chi connectivity index (χ4v) is 8.46. The van der Waals surface area contributed by atoms with Gasteiger partial charge in [0.15, 0.2) is 0 Å². The van der Waals surface area contributed by atoms with Crippen molar-refractivity contribution in [2.75, 3.05) is 9.80 Å². The second-order valence-electron chi connectivity index (χ2n) is 17.5. The van der Waals surface area contributed by atoms with Gasteiger partial charge in [0, 0.05) is 40.0 Å². The molecule has 66 heavy (non-hydrogen) atoms. The minimum atomic E-state index is 0.177. The molecule has 0 N–H and O–H groups in total. The maximum atomic E-state index is 2.32. The lowest BCUT2D eigenvalue weighted by atomic mass is 9.84. The van der Waals surface area contributed by atoms with Crippen molar-refractivity contribution < 1.29 is 0 Å². The normalized spacial score (nSPS) is 11.4. The Bertz CT molecular complexity index is 2750. The van der Waals surface area contributed by atoms with E-state index >= 15 is 0 Å². The zero-order valence-electron chi connectivity index (χ0n) is 38.6. The highest BCUT2D eigenvalue weighted by Gasteiger charge is 2.17. The molecule has 2 heteroatoms. The monoisotopic (exact) mass is 852 g/mol. The van der Waals surface area contributed by atoms with Crippen LogP contribution in [0.2, 0.25) is 0 Å². The summed E-state index contributed by atoms with van der Waals surface area (Å²) < 4.78 is 0. The topological polar surface area (TPSA) is 6.48 Å². The van der Waals surface area contributed by atoms with Crippen molar-refractivity contribution in [3.8, 4) is 0 Å². The Labute approximate surface area is 392 Å². The summed E-state index contributed by atoms with van der Waals surface area (Å²) in [5.74, 6) is 0.177. The van der Waals surface area contributed by atoms with Crippen LogP contribution in [0.4, 0.5) is 34.1 Å². The minimum absolute atomic E-state index is 0.177. The molecule has 0 spiro atoms. The average Bonchev–Trinajstić information content (AvgIpc) is 3.35. The van der Waals surface area contributed by atoms with Gasteiger partial charge in [-0.1, -0.05) is 198 Å². The third-order valence-corrected chi connectivity index (χ3v) is 12.4. The Kier molecular flexibility index (Phi) is 13.0. The molecule has 0 radical (unpaired) electrons. The smallest absolute Gasteiger partial charge is 0.0462 e. The van der Waals surface area contributed by atoms with Crippen LogP contribution in [-0.2, 0) is 0 Å². The molecule has 0 heterocycles. The highest BCUT2D eigenvalue weighted by atomic mass is 15.1. The second kappa shape index (κ2) is 19.8. The van der Waals surface area contributed by atoms with Crippen LogP contribution in [0.15, 0.2) is 218 Å². The number of aryl methyl sites for hydroxylation is 5. The van der Waals surface area contributed by atoms with Crippen molar-refractivity contribution in [1.29, 1.82) is 0 Å². The Hall–Kier alpha value is -7.94. The lowest BCUT2D eigenvalue weighted by molar-refractivity contribution is 0.974. The SMILES string of the molecule is Cc1ccc(C(c2ccc(C)cc2)c2ccc(/C=C\c3ccc(N(c4ccc(C)cc4)c4ccc(/C=C\c5ccc(N(c6ccc(C)cc6)c6ccc(C)cc6)cc5)cc4)cc3)cc2)cc1. The first kappa shape index (κ1) is 43.3. The van der Waals surface area contributed by atoms with E-state index in [-0.39, 0.29) is 5.92 Å². The van der Waals surface area contributed by atoms with Gasteiger partial charge in [0.05, 0.1) is 0 Å². The summed E-state index contributed by atoms with van der Waals surface area (Å²) in [6.45, 7) is 10.7. The van der Waals surface area contributed by atoms with Gasteiger partial charge >= 0.3 is 0 Å². The van der Waals surface area contributed by atoms with Gasteiger partial charge in [-0.2, -0.15) is 0 Å². The van der Waals surface area contributed by atoms with Crippen LogP contribution in [0.3, 0.4) is 0 Å². The van der Waals surface area contributed by atoms with Gasteiger partial charge in [-0.05, 0) is 146 Å². The molecule has 0 amide bonds. The zero-order chi connectivity index (χ0) is 45.4. The van der Waals surface area contributed by atoms with E-state index in [4.69, 9.17) is 0 Å². The van der Waals surface area contributed by atoms with E-state index < -0.39 is 0 Å². The molecule has 2 nitrogen and oxygen atoms in total. The fourth-order valence-electron chi connectivity index (χ4n) is 8.46. The number of hydrogen-bond donors (Lipinski definition) is 0. The van der Waals surface area contributed by atoms with Crippen molar-refractivity contribution in [1.82, 2.24) is 0 Å². The summed E-state index contributed by atoms with van der Waals surface area (Å²) >= 11 is 0. The lowest BCUT2D eigenvalue weighted by Crippen LogP contribution is -2.09. The maximum absolute atomic E-state index is 2.32. The van der Waals surface area contributed by atoms with E-state index in [1.807, 2.05) is 0 Å². The van der Waals surface area contributed by atoms with Gasteiger partial charge in [-0.25, -0.2) is 0 Å². The van der Waals surface area contributed by atoms with Crippen molar-refractivity contribution in [3.05, 3.63) is 285 Å². The molecule has 0 atom stereocenters. The summed E-state index contributed by atoms with van der Waals surface area (Å²) in [4.78, 5) is 4.63. The predicted molar refractivity (Wildman–Crippen MR) is 284 cm³/mol. The van der Waals surface area contributed by atoms with Gasteiger partial charge < -0.3 is 9.80 Å². The van der Waals surface area contributed by atoms with E-state index in [0.29, 0.717) is 0 Å². The van der Waals surface area contributed by atoms with Crippen molar-refractivity contribution in [2.45, 2.75) is 40.5 Å². The second-order valence-corrected chi connectivity index (χ2v) is 17.5. The molecule has 0 aliphatic carbocycles. The highest BCUT2D eigenvalue weighted by Crippen LogP contribution is 2.38. The number of nitrogens with zero attached hydrogens (tertiary/aromatic N) is 2. The van der Waals surface area contributed by atoms with Gasteiger partial charge in [0.1, 0.15) is 0 Å². The highest BCUT2D eigenvalue weighted by molar-refractivity contribution is 5.81. The van der Waals surface area contributed by atoms with Crippen LogP contribution < -0.4 is 9.80 Å². The summed E-state index contributed by atoms with van der Waals surface area (Å²) in [7, 11) is 0. The molecule has 0 saturated heterocycles.